The standard InChI is InChI=1S/C11H14N2O/c1-7(2)13-8(3)11-9(12-13)5-4-6-10(11)14/h4-7,14H,1-3H3. The molecule has 0 aliphatic carbocycles. The number of hydrogen-bond acceptors (Lipinski definition) is 2. The summed E-state index contributed by atoms with van der Waals surface area (Å²) in [5.74, 6) is 0.312. The van der Waals surface area contributed by atoms with Gasteiger partial charge in [0.05, 0.1) is 10.9 Å². The molecule has 2 rings (SSSR count). The number of aromatic nitrogens is 2. The van der Waals surface area contributed by atoms with Crippen LogP contribution in [0.5, 0.6) is 5.75 Å². The third-order valence-corrected chi connectivity index (χ3v) is 2.43. The number of phenolic OH excluding ortho intramolecular Hbond substituents is 1. The second kappa shape index (κ2) is 3.01. The first-order valence-electron chi connectivity index (χ1n) is 4.78. The summed E-state index contributed by atoms with van der Waals surface area (Å²) in [5, 5.41) is 15.0. The van der Waals surface area contributed by atoms with Gasteiger partial charge in [0.2, 0.25) is 0 Å². The van der Waals surface area contributed by atoms with Gasteiger partial charge < -0.3 is 5.11 Å². The summed E-state index contributed by atoms with van der Waals surface area (Å²) >= 11 is 0. The van der Waals surface area contributed by atoms with Crippen molar-refractivity contribution in [1.29, 1.82) is 0 Å². The van der Waals surface area contributed by atoms with Crippen LogP contribution in [0.15, 0.2) is 18.2 Å². The molecular formula is C11H14N2O. The fourth-order valence-corrected chi connectivity index (χ4v) is 1.79. The van der Waals surface area contributed by atoms with Crippen LogP contribution in [0.25, 0.3) is 10.9 Å². The van der Waals surface area contributed by atoms with E-state index in [0.29, 0.717) is 11.8 Å². The third kappa shape index (κ3) is 1.16. The minimum Gasteiger partial charge on any atom is -0.507 e. The average Bonchev–Trinajstić information content (AvgIpc) is 2.45. The molecule has 0 saturated carbocycles. The summed E-state index contributed by atoms with van der Waals surface area (Å²) in [6.45, 7) is 6.14. The first-order valence-corrected chi connectivity index (χ1v) is 4.78. The molecule has 0 fully saturated rings. The fourth-order valence-electron chi connectivity index (χ4n) is 1.79. The number of hydrogen-bond donors (Lipinski definition) is 1. The molecule has 0 bridgehead atoms. The van der Waals surface area contributed by atoms with Crippen molar-refractivity contribution in [1.82, 2.24) is 9.78 Å². The van der Waals surface area contributed by atoms with Crippen LogP contribution in [0.3, 0.4) is 0 Å². The van der Waals surface area contributed by atoms with E-state index in [0.717, 1.165) is 16.6 Å². The zero-order valence-corrected chi connectivity index (χ0v) is 8.65. The number of fused-ring (bicyclic) bond motifs is 1. The van der Waals surface area contributed by atoms with E-state index in [-0.39, 0.29) is 0 Å². The van der Waals surface area contributed by atoms with E-state index in [4.69, 9.17) is 0 Å². The Hall–Kier alpha value is -1.51. The van der Waals surface area contributed by atoms with Crippen molar-refractivity contribution in [2.45, 2.75) is 26.8 Å². The molecule has 1 heterocycles. The molecule has 3 nitrogen and oxygen atoms in total. The maximum Gasteiger partial charge on any atom is 0.126 e. The summed E-state index contributed by atoms with van der Waals surface area (Å²) < 4.78 is 1.93. The van der Waals surface area contributed by atoms with Gasteiger partial charge in [-0.25, -0.2) is 0 Å². The van der Waals surface area contributed by atoms with Crippen molar-refractivity contribution in [3.63, 3.8) is 0 Å². The lowest BCUT2D eigenvalue weighted by Crippen LogP contribution is -2.04. The van der Waals surface area contributed by atoms with Crippen LogP contribution < -0.4 is 0 Å². The van der Waals surface area contributed by atoms with E-state index >= 15 is 0 Å². The van der Waals surface area contributed by atoms with E-state index in [1.54, 1.807) is 6.07 Å². The predicted octanol–water partition coefficient (Wildman–Crippen LogP) is 2.63. The minimum absolute atomic E-state index is 0.312. The monoisotopic (exact) mass is 190 g/mol. The Balaban J connectivity index is 2.81. The molecule has 0 unspecified atom stereocenters. The van der Waals surface area contributed by atoms with Crippen molar-refractivity contribution in [2.75, 3.05) is 0 Å². The molecular weight excluding hydrogens is 176 g/mol. The Labute approximate surface area is 83.0 Å². The molecule has 0 atom stereocenters. The Bertz CT molecular complexity index is 471. The molecule has 2 aromatic rings. The highest BCUT2D eigenvalue weighted by Crippen LogP contribution is 2.28. The van der Waals surface area contributed by atoms with Crippen LogP contribution in [0, 0.1) is 6.92 Å². The lowest BCUT2D eigenvalue weighted by Gasteiger charge is -2.07. The van der Waals surface area contributed by atoms with Gasteiger partial charge in [-0.15, -0.1) is 0 Å². The van der Waals surface area contributed by atoms with Gasteiger partial charge in [-0.2, -0.15) is 5.10 Å². The number of aryl methyl sites for hydroxylation is 1. The van der Waals surface area contributed by atoms with Gasteiger partial charge in [0.1, 0.15) is 5.75 Å². The number of nitrogens with zero attached hydrogens (tertiary/aromatic N) is 2. The highest BCUT2D eigenvalue weighted by atomic mass is 16.3. The van der Waals surface area contributed by atoms with Gasteiger partial charge in [0.25, 0.3) is 0 Å². The van der Waals surface area contributed by atoms with E-state index in [1.807, 2.05) is 23.7 Å². The van der Waals surface area contributed by atoms with Crippen LogP contribution in [-0.4, -0.2) is 14.9 Å². The molecule has 0 radical (unpaired) electrons. The molecule has 0 saturated heterocycles. The van der Waals surface area contributed by atoms with Crippen molar-refractivity contribution >= 4 is 10.9 Å². The molecule has 3 heteroatoms. The Morgan fingerprint density at radius 3 is 2.64 bits per heavy atom. The fraction of sp³-hybridized carbons (Fsp3) is 0.364. The third-order valence-electron chi connectivity index (χ3n) is 2.43. The van der Waals surface area contributed by atoms with Crippen molar-refractivity contribution in [2.24, 2.45) is 0 Å². The van der Waals surface area contributed by atoms with E-state index in [2.05, 4.69) is 18.9 Å². The largest absolute Gasteiger partial charge is 0.507 e. The van der Waals surface area contributed by atoms with E-state index < -0.39 is 0 Å². The van der Waals surface area contributed by atoms with Crippen LogP contribution >= 0.6 is 0 Å². The summed E-state index contributed by atoms with van der Waals surface area (Å²) in [7, 11) is 0. The molecule has 74 valence electrons. The number of benzene rings is 1. The van der Waals surface area contributed by atoms with Gasteiger partial charge in [-0.1, -0.05) is 6.07 Å². The minimum atomic E-state index is 0.312. The highest BCUT2D eigenvalue weighted by molar-refractivity contribution is 5.87. The number of rotatable bonds is 1. The number of phenols is 1. The van der Waals surface area contributed by atoms with Crippen LogP contribution in [0.4, 0.5) is 0 Å². The molecule has 0 spiro atoms. The van der Waals surface area contributed by atoms with Gasteiger partial charge in [-0.3, -0.25) is 4.68 Å². The van der Waals surface area contributed by atoms with Gasteiger partial charge >= 0.3 is 0 Å². The summed E-state index contributed by atoms with van der Waals surface area (Å²) in [5.41, 5.74) is 1.88. The zero-order chi connectivity index (χ0) is 10.3. The van der Waals surface area contributed by atoms with Crippen molar-refractivity contribution < 1.29 is 5.11 Å². The molecule has 0 aliphatic rings. The quantitative estimate of drug-likeness (QED) is 0.750. The second-order valence-corrected chi connectivity index (χ2v) is 3.79. The Morgan fingerprint density at radius 2 is 2.07 bits per heavy atom. The van der Waals surface area contributed by atoms with Crippen LogP contribution in [0.2, 0.25) is 0 Å². The molecule has 1 aromatic heterocycles. The maximum absolute atomic E-state index is 9.69. The maximum atomic E-state index is 9.69. The Kier molecular flexibility index (Phi) is 1.95. The average molecular weight is 190 g/mol. The lowest BCUT2D eigenvalue weighted by atomic mass is 10.2. The normalized spacial score (nSPS) is 11.4. The molecule has 1 aromatic carbocycles. The first-order chi connectivity index (χ1) is 6.61. The summed E-state index contributed by atoms with van der Waals surface area (Å²) in [6.07, 6.45) is 0. The smallest absolute Gasteiger partial charge is 0.126 e. The van der Waals surface area contributed by atoms with Gasteiger partial charge in [0, 0.05) is 11.7 Å². The van der Waals surface area contributed by atoms with E-state index in [1.165, 1.54) is 0 Å². The summed E-state index contributed by atoms with van der Waals surface area (Å²) in [6, 6.07) is 5.75. The predicted molar refractivity (Wildman–Crippen MR) is 56.5 cm³/mol. The Morgan fingerprint density at radius 1 is 1.36 bits per heavy atom. The van der Waals surface area contributed by atoms with Crippen LogP contribution in [0.1, 0.15) is 25.6 Å². The van der Waals surface area contributed by atoms with Crippen molar-refractivity contribution in [3.05, 3.63) is 23.9 Å². The molecule has 0 aliphatic heterocycles. The highest BCUT2D eigenvalue weighted by Gasteiger charge is 2.11. The SMILES string of the molecule is Cc1c2c(O)cccc2nn1C(C)C. The topological polar surface area (TPSA) is 38.1 Å². The van der Waals surface area contributed by atoms with Crippen LogP contribution in [-0.2, 0) is 0 Å². The molecule has 0 amide bonds. The lowest BCUT2D eigenvalue weighted by molar-refractivity contribution is 0.480. The van der Waals surface area contributed by atoms with E-state index in [9.17, 15) is 5.11 Å². The van der Waals surface area contributed by atoms with Crippen molar-refractivity contribution in [3.8, 4) is 5.75 Å². The molecule has 1 N–H and O–H groups in total. The summed E-state index contributed by atoms with van der Waals surface area (Å²) in [4.78, 5) is 0. The number of aromatic hydroxyl groups is 1. The second-order valence-electron chi connectivity index (χ2n) is 3.79. The van der Waals surface area contributed by atoms with Gasteiger partial charge in [-0.05, 0) is 32.9 Å². The first kappa shape index (κ1) is 9.06. The van der Waals surface area contributed by atoms with Gasteiger partial charge in [0.15, 0.2) is 0 Å². The molecule has 14 heavy (non-hydrogen) atoms. The zero-order valence-electron chi connectivity index (χ0n) is 8.65.